The second-order valence-electron chi connectivity index (χ2n) is 6.46. The zero-order valence-corrected chi connectivity index (χ0v) is 16.7. The zero-order chi connectivity index (χ0) is 19.7. The first-order valence-electron chi connectivity index (χ1n) is 8.74. The molecular weight excluding hydrogens is 399 g/mol. The largest absolute Gasteiger partial charge is 0.366 e. The number of hydrogen-bond acceptors (Lipinski definition) is 8. The average Bonchev–Trinajstić information content (AvgIpc) is 2.99. The molecule has 0 atom stereocenters. The van der Waals surface area contributed by atoms with E-state index in [0.717, 1.165) is 17.3 Å². The maximum absolute atomic E-state index is 14.2. The van der Waals surface area contributed by atoms with Gasteiger partial charge in [0.1, 0.15) is 5.82 Å². The number of benzene rings is 1. The van der Waals surface area contributed by atoms with E-state index < -0.39 is 0 Å². The highest BCUT2D eigenvalue weighted by Crippen LogP contribution is 2.38. The van der Waals surface area contributed by atoms with Crippen LogP contribution in [0.25, 0.3) is 6.08 Å². The summed E-state index contributed by atoms with van der Waals surface area (Å²) in [7, 11) is 0. The minimum absolute atomic E-state index is 0.204. The molecule has 1 aromatic carbocycles. The van der Waals surface area contributed by atoms with Crippen molar-refractivity contribution in [1.29, 1.82) is 0 Å². The van der Waals surface area contributed by atoms with Crippen LogP contribution in [0.3, 0.4) is 0 Å². The Morgan fingerprint density at radius 1 is 1.07 bits per heavy atom. The summed E-state index contributed by atoms with van der Waals surface area (Å²) in [5.41, 5.74) is 2.10. The number of thioether (sulfide) groups is 2. The number of nitrogens with zero attached hydrogens (tertiary/aromatic N) is 4. The summed E-state index contributed by atoms with van der Waals surface area (Å²) < 4.78 is 14.0. The standard InChI is InChI=1S/C19H17FN4O2S2/c1-12-2-3-15(14(20)10-12)23-6-8-24(9-7-23)18-21-5-4-13(22-18)11-16-17(25)28-19(26)27-16/h2-5,10-11H,6-9H2,1H3/b16-11-. The molecule has 2 aliphatic heterocycles. The lowest BCUT2D eigenvalue weighted by atomic mass is 10.2. The normalized spacial score (nSPS) is 19.0. The van der Waals surface area contributed by atoms with E-state index in [1.807, 2.05) is 28.9 Å². The van der Waals surface area contributed by atoms with Crippen LogP contribution in [0.2, 0.25) is 0 Å². The van der Waals surface area contributed by atoms with Gasteiger partial charge in [-0.2, -0.15) is 0 Å². The molecule has 3 heterocycles. The summed E-state index contributed by atoms with van der Waals surface area (Å²) in [4.78, 5) is 36.4. The van der Waals surface area contributed by atoms with Gasteiger partial charge in [0.15, 0.2) is 0 Å². The van der Waals surface area contributed by atoms with E-state index in [1.54, 1.807) is 24.4 Å². The summed E-state index contributed by atoms with van der Waals surface area (Å²) in [6.45, 7) is 4.52. The van der Waals surface area contributed by atoms with Crippen LogP contribution in [0.4, 0.5) is 20.8 Å². The Labute approximate surface area is 170 Å². The van der Waals surface area contributed by atoms with Gasteiger partial charge in [0.05, 0.1) is 16.3 Å². The van der Waals surface area contributed by atoms with Crippen LogP contribution in [0.15, 0.2) is 35.4 Å². The van der Waals surface area contributed by atoms with E-state index in [9.17, 15) is 14.0 Å². The fourth-order valence-electron chi connectivity index (χ4n) is 3.11. The summed E-state index contributed by atoms with van der Waals surface area (Å²) >= 11 is 1.64. The van der Waals surface area contributed by atoms with Gasteiger partial charge < -0.3 is 9.80 Å². The second-order valence-corrected chi connectivity index (χ2v) is 8.68. The van der Waals surface area contributed by atoms with Crippen molar-refractivity contribution in [2.24, 2.45) is 0 Å². The molecule has 0 amide bonds. The van der Waals surface area contributed by atoms with Crippen LogP contribution in [0.1, 0.15) is 11.3 Å². The van der Waals surface area contributed by atoms with Crippen molar-refractivity contribution in [3.05, 3.63) is 52.4 Å². The summed E-state index contributed by atoms with van der Waals surface area (Å²) in [6.07, 6.45) is 3.26. The molecule has 0 unspecified atom stereocenters. The molecule has 0 aliphatic carbocycles. The number of hydrogen-bond donors (Lipinski definition) is 0. The van der Waals surface area contributed by atoms with Crippen molar-refractivity contribution < 1.29 is 14.0 Å². The van der Waals surface area contributed by atoms with Crippen molar-refractivity contribution in [3.63, 3.8) is 0 Å². The van der Waals surface area contributed by atoms with Gasteiger partial charge in [-0.3, -0.25) is 9.59 Å². The number of aromatic nitrogens is 2. The molecule has 0 bridgehead atoms. The Morgan fingerprint density at radius 2 is 1.82 bits per heavy atom. The third kappa shape index (κ3) is 4.05. The second kappa shape index (κ2) is 7.92. The fraction of sp³-hybridized carbons (Fsp3) is 0.263. The Balaban J connectivity index is 1.46. The Bertz CT molecular complexity index is 974. The Morgan fingerprint density at radius 3 is 2.50 bits per heavy atom. The quantitative estimate of drug-likeness (QED) is 0.702. The number of halogens is 1. The number of aryl methyl sites for hydroxylation is 1. The SMILES string of the molecule is Cc1ccc(N2CCN(c3nccc(/C=C4\SC(=O)SC4=O)n3)CC2)c(F)c1. The Kier molecular flexibility index (Phi) is 5.36. The first kappa shape index (κ1) is 18.9. The number of piperazine rings is 1. The lowest BCUT2D eigenvalue weighted by Gasteiger charge is -2.36. The monoisotopic (exact) mass is 416 g/mol. The summed E-state index contributed by atoms with van der Waals surface area (Å²) in [6, 6.07) is 6.98. The molecule has 28 heavy (non-hydrogen) atoms. The van der Waals surface area contributed by atoms with Crippen LogP contribution in [0.5, 0.6) is 0 Å². The number of carbonyl (C=O) groups is 2. The molecule has 2 aliphatic rings. The number of carbonyl (C=O) groups excluding carboxylic acids is 2. The van der Waals surface area contributed by atoms with Gasteiger partial charge in [-0.25, -0.2) is 14.4 Å². The molecule has 2 fully saturated rings. The third-order valence-corrected chi connectivity index (χ3v) is 6.41. The summed E-state index contributed by atoms with van der Waals surface area (Å²) in [5, 5.41) is -0.246. The maximum Gasteiger partial charge on any atom is 0.258 e. The van der Waals surface area contributed by atoms with Gasteiger partial charge in [0, 0.05) is 44.1 Å². The predicted octanol–water partition coefficient (Wildman–Crippen LogP) is 3.72. The van der Waals surface area contributed by atoms with Crippen molar-refractivity contribution in [3.8, 4) is 0 Å². The minimum atomic E-state index is -0.246. The highest BCUT2D eigenvalue weighted by atomic mass is 32.2. The first-order valence-corrected chi connectivity index (χ1v) is 10.4. The highest BCUT2D eigenvalue weighted by molar-refractivity contribution is 8.51. The molecule has 4 rings (SSSR count). The molecule has 1 aromatic heterocycles. The molecule has 2 saturated heterocycles. The number of anilines is 2. The zero-order valence-electron chi connectivity index (χ0n) is 15.1. The predicted molar refractivity (Wildman–Crippen MR) is 111 cm³/mol. The van der Waals surface area contributed by atoms with E-state index in [2.05, 4.69) is 9.97 Å². The van der Waals surface area contributed by atoms with Gasteiger partial charge in [0.25, 0.3) is 4.45 Å². The van der Waals surface area contributed by atoms with Gasteiger partial charge >= 0.3 is 0 Å². The van der Waals surface area contributed by atoms with Crippen molar-refractivity contribution >= 4 is 50.8 Å². The molecule has 2 aromatic rings. The molecule has 0 saturated carbocycles. The van der Waals surface area contributed by atoms with Gasteiger partial charge in [-0.1, -0.05) is 6.07 Å². The van der Waals surface area contributed by atoms with Crippen molar-refractivity contribution in [2.75, 3.05) is 36.0 Å². The molecule has 144 valence electrons. The maximum atomic E-state index is 14.2. The summed E-state index contributed by atoms with van der Waals surface area (Å²) in [5.74, 6) is 0.359. The van der Waals surface area contributed by atoms with Crippen LogP contribution >= 0.6 is 23.5 Å². The van der Waals surface area contributed by atoms with Crippen LogP contribution in [-0.2, 0) is 4.79 Å². The third-order valence-electron chi connectivity index (χ3n) is 4.52. The van der Waals surface area contributed by atoms with Gasteiger partial charge in [-0.05, 0) is 48.5 Å². The van der Waals surface area contributed by atoms with Gasteiger partial charge in [0.2, 0.25) is 11.1 Å². The molecular formula is C19H17FN4O2S2. The van der Waals surface area contributed by atoms with Gasteiger partial charge in [-0.15, -0.1) is 0 Å². The lowest BCUT2D eigenvalue weighted by molar-refractivity contribution is -0.107. The van der Waals surface area contributed by atoms with E-state index in [0.29, 0.717) is 60.2 Å². The molecule has 9 heteroatoms. The van der Waals surface area contributed by atoms with E-state index in [-0.39, 0.29) is 15.4 Å². The van der Waals surface area contributed by atoms with Crippen molar-refractivity contribution in [2.45, 2.75) is 6.92 Å². The topological polar surface area (TPSA) is 66.4 Å². The molecule has 6 nitrogen and oxygen atoms in total. The van der Waals surface area contributed by atoms with E-state index in [4.69, 9.17) is 0 Å². The van der Waals surface area contributed by atoms with E-state index >= 15 is 0 Å². The minimum Gasteiger partial charge on any atom is -0.366 e. The molecule has 0 radical (unpaired) electrons. The molecule has 0 spiro atoms. The smallest absolute Gasteiger partial charge is 0.258 e. The highest BCUT2D eigenvalue weighted by Gasteiger charge is 2.27. The van der Waals surface area contributed by atoms with Crippen LogP contribution < -0.4 is 9.80 Å². The first-order chi connectivity index (χ1) is 13.5. The number of rotatable bonds is 3. The van der Waals surface area contributed by atoms with E-state index in [1.165, 1.54) is 0 Å². The average molecular weight is 417 g/mol. The lowest BCUT2D eigenvalue weighted by Crippen LogP contribution is -2.47. The fourth-order valence-corrected chi connectivity index (χ4v) is 4.78. The van der Waals surface area contributed by atoms with Crippen molar-refractivity contribution in [1.82, 2.24) is 9.97 Å². The molecule has 0 N–H and O–H groups in total. The Hall–Kier alpha value is -2.39. The van der Waals surface area contributed by atoms with Crippen LogP contribution in [0, 0.1) is 12.7 Å². The van der Waals surface area contributed by atoms with Crippen LogP contribution in [-0.4, -0.2) is 45.7 Å².